The highest BCUT2D eigenvalue weighted by atomic mass is 19.1. The zero-order valence-corrected chi connectivity index (χ0v) is 20.1. The second kappa shape index (κ2) is 9.73. The van der Waals surface area contributed by atoms with E-state index in [4.69, 9.17) is 21.3 Å². The molecule has 1 aliphatic rings. The largest absolute Gasteiger partial charge is 0.457 e. The van der Waals surface area contributed by atoms with E-state index in [1.165, 1.54) is 30.5 Å². The summed E-state index contributed by atoms with van der Waals surface area (Å²) in [6.07, 6.45) is 4.49. The maximum Gasteiger partial charge on any atom is 0.325 e. The van der Waals surface area contributed by atoms with Crippen LogP contribution in [0.1, 0.15) is 46.9 Å². The summed E-state index contributed by atoms with van der Waals surface area (Å²) in [6.45, 7) is 1.96. The molecular formula is C27H25FN6O3. The number of aryl methyl sites for hydroxylation is 1. The number of carbonyl (C=O) groups excluding carboxylic acids is 2. The van der Waals surface area contributed by atoms with Gasteiger partial charge in [0, 0.05) is 30.3 Å². The minimum Gasteiger partial charge on any atom is -0.457 e. The number of hydrogen-bond donors (Lipinski definition) is 2. The Hall–Kier alpha value is -4.73. The Bertz CT molecular complexity index is 1500. The molecule has 4 aromatic rings. The standard InChI is InChI=1S/C27H25FN6O3/c1-16-4-2-7-18(12-16)34-25(15-22(32-34)17-5-3-6-17)33(27(30)36)24-9-8-19(13-21(24)28)37-20-10-11-31-23(14-20)26(29)35/h2,4,7-15,17H,3,5-6H2,1H3,(H2,29,35)(H2,30,36). The normalized spacial score (nSPS) is 13.1. The molecule has 0 radical (unpaired) electrons. The average molecular weight is 501 g/mol. The number of nitrogens with two attached hydrogens (primary N) is 2. The van der Waals surface area contributed by atoms with Gasteiger partial charge in [-0.1, -0.05) is 18.6 Å². The molecular weight excluding hydrogens is 475 g/mol. The van der Waals surface area contributed by atoms with E-state index in [2.05, 4.69) is 4.98 Å². The molecule has 0 saturated heterocycles. The van der Waals surface area contributed by atoms with Crippen molar-refractivity contribution in [2.24, 2.45) is 11.5 Å². The zero-order chi connectivity index (χ0) is 26.1. The minimum absolute atomic E-state index is 0.0150. The molecule has 1 fully saturated rings. The number of primary amides is 2. The molecule has 9 nitrogen and oxygen atoms in total. The van der Waals surface area contributed by atoms with Crippen LogP contribution < -0.4 is 21.1 Å². The highest BCUT2D eigenvalue weighted by Gasteiger charge is 2.29. The van der Waals surface area contributed by atoms with Crippen LogP contribution in [0.3, 0.4) is 0 Å². The van der Waals surface area contributed by atoms with Crippen LogP contribution in [0.4, 0.5) is 20.7 Å². The fraction of sp³-hybridized carbons (Fsp3) is 0.185. The van der Waals surface area contributed by atoms with Gasteiger partial charge in [0.15, 0.2) is 5.82 Å². The molecule has 3 amide bonds. The SMILES string of the molecule is Cc1cccc(-n2nc(C3CCC3)cc2N(C(N)=O)c2ccc(Oc3ccnc(C(N)=O)c3)cc2F)c1. The maximum atomic E-state index is 15.5. The molecule has 1 saturated carbocycles. The van der Waals surface area contributed by atoms with Gasteiger partial charge in [0.25, 0.3) is 5.91 Å². The topological polar surface area (TPSA) is 129 Å². The number of rotatable bonds is 7. The van der Waals surface area contributed by atoms with E-state index in [-0.39, 0.29) is 28.8 Å². The molecule has 10 heteroatoms. The molecule has 0 atom stereocenters. The van der Waals surface area contributed by atoms with Crippen LogP contribution in [0, 0.1) is 12.7 Å². The van der Waals surface area contributed by atoms with Crippen molar-refractivity contribution in [1.82, 2.24) is 14.8 Å². The smallest absolute Gasteiger partial charge is 0.325 e. The maximum absolute atomic E-state index is 15.5. The Kier molecular flexibility index (Phi) is 6.31. The molecule has 4 N–H and O–H groups in total. The van der Waals surface area contributed by atoms with Crippen molar-refractivity contribution in [3.05, 3.63) is 89.6 Å². The van der Waals surface area contributed by atoms with Crippen LogP contribution in [0.2, 0.25) is 0 Å². The first-order valence-electron chi connectivity index (χ1n) is 11.8. The van der Waals surface area contributed by atoms with Crippen molar-refractivity contribution in [3.8, 4) is 17.2 Å². The molecule has 5 rings (SSSR count). The molecule has 2 heterocycles. The van der Waals surface area contributed by atoms with Gasteiger partial charge in [-0.05, 0) is 55.7 Å². The summed E-state index contributed by atoms with van der Waals surface area (Å²) in [5.41, 5.74) is 13.6. The summed E-state index contributed by atoms with van der Waals surface area (Å²) < 4.78 is 22.7. The summed E-state index contributed by atoms with van der Waals surface area (Å²) in [5, 5.41) is 4.77. The monoisotopic (exact) mass is 500 g/mol. The lowest BCUT2D eigenvalue weighted by Gasteiger charge is -2.23. The molecule has 0 bridgehead atoms. The zero-order valence-electron chi connectivity index (χ0n) is 20.1. The third kappa shape index (κ3) is 4.86. The fourth-order valence-electron chi connectivity index (χ4n) is 4.23. The van der Waals surface area contributed by atoms with E-state index in [0.717, 1.165) is 47.2 Å². The van der Waals surface area contributed by atoms with Crippen LogP contribution in [-0.4, -0.2) is 26.7 Å². The van der Waals surface area contributed by atoms with Crippen molar-refractivity contribution in [3.63, 3.8) is 0 Å². The van der Waals surface area contributed by atoms with Gasteiger partial charge in [0.1, 0.15) is 23.0 Å². The molecule has 0 aliphatic heterocycles. The van der Waals surface area contributed by atoms with E-state index in [0.29, 0.717) is 5.82 Å². The van der Waals surface area contributed by atoms with Crippen LogP contribution in [-0.2, 0) is 0 Å². The van der Waals surface area contributed by atoms with E-state index in [9.17, 15) is 9.59 Å². The van der Waals surface area contributed by atoms with Gasteiger partial charge < -0.3 is 16.2 Å². The average Bonchev–Trinajstić information content (AvgIpc) is 3.23. The first-order valence-corrected chi connectivity index (χ1v) is 11.8. The van der Waals surface area contributed by atoms with E-state index in [1.807, 2.05) is 31.2 Å². The van der Waals surface area contributed by atoms with Crippen LogP contribution >= 0.6 is 0 Å². The number of pyridine rings is 1. The van der Waals surface area contributed by atoms with Crippen molar-refractivity contribution in [2.75, 3.05) is 4.90 Å². The number of amides is 3. The predicted octanol–water partition coefficient (Wildman–Crippen LogP) is 5.09. The number of hydrogen-bond acceptors (Lipinski definition) is 5. The molecule has 1 aliphatic carbocycles. The predicted molar refractivity (Wildman–Crippen MR) is 136 cm³/mol. The summed E-state index contributed by atoms with van der Waals surface area (Å²) in [7, 11) is 0. The number of carbonyl (C=O) groups is 2. The van der Waals surface area contributed by atoms with E-state index < -0.39 is 17.8 Å². The third-order valence-electron chi connectivity index (χ3n) is 6.31. The summed E-state index contributed by atoms with van der Waals surface area (Å²) in [4.78, 5) is 29.0. The van der Waals surface area contributed by atoms with Crippen molar-refractivity contribution in [2.45, 2.75) is 32.1 Å². The molecule has 2 aromatic heterocycles. The highest BCUT2D eigenvalue weighted by molar-refractivity contribution is 5.98. The van der Waals surface area contributed by atoms with Gasteiger partial charge in [0.2, 0.25) is 0 Å². The quantitative estimate of drug-likeness (QED) is 0.365. The number of anilines is 2. The number of ether oxygens (including phenoxy) is 1. The van der Waals surface area contributed by atoms with E-state index in [1.54, 1.807) is 10.7 Å². The lowest BCUT2D eigenvalue weighted by Crippen LogP contribution is -2.33. The molecule has 2 aromatic carbocycles. The van der Waals surface area contributed by atoms with Crippen molar-refractivity contribution in [1.29, 1.82) is 0 Å². The Labute approximate surface area is 212 Å². The van der Waals surface area contributed by atoms with Gasteiger partial charge in [-0.15, -0.1) is 0 Å². The van der Waals surface area contributed by atoms with Gasteiger partial charge in [-0.25, -0.2) is 18.8 Å². The first-order chi connectivity index (χ1) is 17.8. The Balaban J connectivity index is 1.53. The second-order valence-electron chi connectivity index (χ2n) is 8.94. The number of halogens is 1. The van der Waals surface area contributed by atoms with Crippen LogP contribution in [0.5, 0.6) is 11.5 Å². The first kappa shape index (κ1) is 24.0. The molecule has 0 spiro atoms. The van der Waals surface area contributed by atoms with E-state index >= 15 is 4.39 Å². The van der Waals surface area contributed by atoms with Gasteiger partial charge in [0.05, 0.1) is 17.1 Å². The Morgan fingerprint density at radius 1 is 1.05 bits per heavy atom. The second-order valence-corrected chi connectivity index (χ2v) is 8.94. The highest BCUT2D eigenvalue weighted by Crippen LogP contribution is 2.40. The molecule has 188 valence electrons. The fourth-order valence-corrected chi connectivity index (χ4v) is 4.23. The van der Waals surface area contributed by atoms with Crippen LogP contribution in [0.25, 0.3) is 5.69 Å². The van der Waals surface area contributed by atoms with Crippen molar-refractivity contribution < 1.29 is 18.7 Å². The van der Waals surface area contributed by atoms with Crippen molar-refractivity contribution >= 4 is 23.4 Å². The lowest BCUT2D eigenvalue weighted by atomic mass is 9.83. The number of nitrogens with zero attached hydrogens (tertiary/aromatic N) is 4. The van der Waals surface area contributed by atoms with Gasteiger partial charge in [-0.2, -0.15) is 5.10 Å². The number of benzene rings is 2. The van der Waals surface area contributed by atoms with Crippen LogP contribution in [0.15, 0.2) is 66.9 Å². The molecule has 37 heavy (non-hydrogen) atoms. The summed E-state index contributed by atoms with van der Waals surface area (Å²) >= 11 is 0. The van der Waals surface area contributed by atoms with Gasteiger partial charge in [-0.3, -0.25) is 9.78 Å². The number of aromatic nitrogens is 3. The lowest BCUT2D eigenvalue weighted by molar-refractivity contribution is 0.0995. The molecule has 0 unspecified atom stereocenters. The summed E-state index contributed by atoms with van der Waals surface area (Å²) in [6, 6.07) is 15.5. The summed E-state index contributed by atoms with van der Waals surface area (Å²) in [5.74, 6) is -0.420. The Morgan fingerprint density at radius 2 is 1.84 bits per heavy atom. The number of urea groups is 1. The van der Waals surface area contributed by atoms with Gasteiger partial charge >= 0.3 is 6.03 Å². The third-order valence-corrected chi connectivity index (χ3v) is 6.31. The minimum atomic E-state index is -0.859. The Morgan fingerprint density at radius 3 is 2.49 bits per heavy atom.